The zero-order valence-electron chi connectivity index (χ0n) is 15.0. The van der Waals surface area contributed by atoms with Gasteiger partial charge in [0.15, 0.2) is 0 Å². The van der Waals surface area contributed by atoms with Crippen molar-refractivity contribution in [3.63, 3.8) is 0 Å². The highest BCUT2D eigenvalue weighted by molar-refractivity contribution is 7.89. The van der Waals surface area contributed by atoms with Gasteiger partial charge >= 0.3 is 0 Å². The van der Waals surface area contributed by atoms with Crippen molar-refractivity contribution in [1.82, 2.24) is 9.62 Å². The number of piperidine rings is 1. The molecule has 0 spiro atoms. The quantitative estimate of drug-likeness (QED) is 0.885. The molecular weight excluding hydrogens is 324 g/mol. The van der Waals surface area contributed by atoms with E-state index in [0.29, 0.717) is 13.1 Å². The van der Waals surface area contributed by atoms with E-state index < -0.39 is 10.0 Å². The number of nitrogens with one attached hydrogen (secondary N) is 1. The van der Waals surface area contributed by atoms with Crippen LogP contribution in [0.25, 0.3) is 0 Å². The molecule has 1 amide bonds. The lowest BCUT2D eigenvalue weighted by molar-refractivity contribution is -0.126. The van der Waals surface area contributed by atoms with Crippen molar-refractivity contribution in [2.45, 2.75) is 46.6 Å². The molecule has 1 aliphatic heterocycles. The molecular formula is C18H28N2O3S. The fourth-order valence-corrected chi connectivity index (χ4v) is 4.22. The van der Waals surface area contributed by atoms with E-state index >= 15 is 0 Å². The molecule has 1 fully saturated rings. The number of carbonyl (C=O) groups is 1. The number of hydrogen-bond donors (Lipinski definition) is 1. The molecule has 24 heavy (non-hydrogen) atoms. The van der Waals surface area contributed by atoms with Gasteiger partial charge in [0, 0.05) is 13.1 Å². The van der Waals surface area contributed by atoms with Gasteiger partial charge in [-0.2, -0.15) is 0 Å². The number of benzene rings is 1. The maximum Gasteiger partial charge on any atom is 0.224 e. The largest absolute Gasteiger partial charge is 0.349 e. The van der Waals surface area contributed by atoms with Gasteiger partial charge in [-0.05, 0) is 57.2 Å². The minimum absolute atomic E-state index is 0.0586. The van der Waals surface area contributed by atoms with E-state index in [9.17, 15) is 13.2 Å². The fourth-order valence-electron chi connectivity index (χ4n) is 3.04. The number of hydrogen-bond acceptors (Lipinski definition) is 3. The summed E-state index contributed by atoms with van der Waals surface area (Å²) in [5.41, 5.74) is 3.50. The van der Waals surface area contributed by atoms with Crippen molar-refractivity contribution in [2.75, 3.05) is 18.8 Å². The van der Waals surface area contributed by atoms with Gasteiger partial charge in [-0.3, -0.25) is 4.79 Å². The van der Waals surface area contributed by atoms with Crippen LogP contribution in [-0.2, 0) is 14.8 Å². The maximum absolute atomic E-state index is 12.6. The summed E-state index contributed by atoms with van der Waals surface area (Å²) in [4.78, 5) is 12.6. The first-order chi connectivity index (χ1) is 11.2. The summed E-state index contributed by atoms with van der Waals surface area (Å²) in [6, 6.07) is 6.09. The predicted molar refractivity (Wildman–Crippen MR) is 96.2 cm³/mol. The highest BCUT2D eigenvalue weighted by Gasteiger charge is 2.31. The first-order valence-corrected chi connectivity index (χ1v) is 10.2. The summed E-state index contributed by atoms with van der Waals surface area (Å²) in [6.07, 6.45) is 1.47. The SMILES string of the molecule is CCS(=O)(=O)N1CCC[C@@H](C(=O)N[C@H](C)c2ccc(C)c(C)c2)C1. The van der Waals surface area contributed by atoms with Crippen LogP contribution in [0.4, 0.5) is 0 Å². The second kappa shape index (κ2) is 7.66. The van der Waals surface area contributed by atoms with Crippen LogP contribution in [0.3, 0.4) is 0 Å². The van der Waals surface area contributed by atoms with Crippen molar-refractivity contribution in [3.8, 4) is 0 Å². The van der Waals surface area contributed by atoms with Gasteiger partial charge in [-0.25, -0.2) is 12.7 Å². The van der Waals surface area contributed by atoms with Crippen LogP contribution in [0, 0.1) is 19.8 Å². The van der Waals surface area contributed by atoms with Gasteiger partial charge < -0.3 is 5.32 Å². The third kappa shape index (κ3) is 4.36. The summed E-state index contributed by atoms with van der Waals surface area (Å²) < 4.78 is 25.5. The first-order valence-electron chi connectivity index (χ1n) is 8.60. The molecule has 5 nitrogen and oxygen atoms in total. The second-order valence-corrected chi connectivity index (χ2v) is 8.93. The molecule has 0 saturated carbocycles. The Bertz CT molecular complexity index is 700. The molecule has 1 aliphatic rings. The number of amides is 1. The molecule has 1 aromatic rings. The Morgan fingerprint density at radius 1 is 1.33 bits per heavy atom. The van der Waals surface area contributed by atoms with Gasteiger partial charge in [0.25, 0.3) is 0 Å². The lowest BCUT2D eigenvalue weighted by Crippen LogP contribution is -2.46. The van der Waals surface area contributed by atoms with Crippen molar-refractivity contribution in [2.24, 2.45) is 5.92 Å². The van der Waals surface area contributed by atoms with Crippen molar-refractivity contribution in [1.29, 1.82) is 0 Å². The Hall–Kier alpha value is -1.40. The number of aryl methyl sites for hydroxylation is 2. The lowest BCUT2D eigenvalue weighted by Gasteiger charge is -2.31. The highest BCUT2D eigenvalue weighted by Crippen LogP contribution is 2.22. The normalized spacial score (nSPS) is 20.6. The summed E-state index contributed by atoms with van der Waals surface area (Å²) in [5, 5.41) is 3.04. The Labute approximate surface area is 145 Å². The van der Waals surface area contributed by atoms with E-state index in [2.05, 4.69) is 31.3 Å². The molecule has 6 heteroatoms. The van der Waals surface area contributed by atoms with Crippen molar-refractivity contribution in [3.05, 3.63) is 34.9 Å². The Morgan fingerprint density at radius 3 is 2.67 bits per heavy atom. The van der Waals surface area contributed by atoms with Gasteiger partial charge in [0.2, 0.25) is 15.9 Å². The van der Waals surface area contributed by atoms with E-state index in [0.717, 1.165) is 18.4 Å². The number of sulfonamides is 1. The number of carbonyl (C=O) groups excluding carboxylic acids is 1. The van der Waals surface area contributed by atoms with Crippen molar-refractivity contribution >= 4 is 15.9 Å². The Kier molecular flexibility index (Phi) is 6.04. The van der Waals surface area contributed by atoms with E-state index in [1.165, 1.54) is 15.4 Å². The molecule has 1 heterocycles. The zero-order valence-corrected chi connectivity index (χ0v) is 15.8. The minimum atomic E-state index is -3.23. The summed E-state index contributed by atoms with van der Waals surface area (Å²) in [7, 11) is -3.23. The summed E-state index contributed by atoms with van der Waals surface area (Å²) >= 11 is 0. The third-order valence-corrected chi connectivity index (χ3v) is 6.75. The average molecular weight is 353 g/mol. The van der Waals surface area contributed by atoms with Crippen LogP contribution in [0.15, 0.2) is 18.2 Å². The monoisotopic (exact) mass is 352 g/mol. The molecule has 0 aromatic heterocycles. The van der Waals surface area contributed by atoms with Gasteiger partial charge in [-0.1, -0.05) is 18.2 Å². The molecule has 1 aromatic carbocycles. The van der Waals surface area contributed by atoms with Crippen LogP contribution in [-0.4, -0.2) is 37.5 Å². The molecule has 0 radical (unpaired) electrons. The second-order valence-electron chi connectivity index (χ2n) is 6.67. The molecule has 1 saturated heterocycles. The van der Waals surface area contributed by atoms with Crippen molar-refractivity contribution < 1.29 is 13.2 Å². The molecule has 2 rings (SSSR count). The molecule has 0 aliphatic carbocycles. The van der Waals surface area contributed by atoms with Gasteiger partial charge in [0.1, 0.15) is 0 Å². The summed E-state index contributed by atoms with van der Waals surface area (Å²) in [5.74, 6) is -0.244. The highest BCUT2D eigenvalue weighted by atomic mass is 32.2. The van der Waals surface area contributed by atoms with Gasteiger partial charge in [0.05, 0.1) is 17.7 Å². The minimum Gasteiger partial charge on any atom is -0.349 e. The van der Waals surface area contributed by atoms with E-state index in [4.69, 9.17) is 0 Å². The topological polar surface area (TPSA) is 66.5 Å². The molecule has 0 bridgehead atoms. The number of nitrogens with zero attached hydrogens (tertiary/aromatic N) is 1. The van der Waals surface area contributed by atoms with Crippen LogP contribution in [0.5, 0.6) is 0 Å². The molecule has 2 atom stereocenters. The maximum atomic E-state index is 12.6. The standard InChI is InChI=1S/C18H28N2O3S/c1-5-24(22,23)20-10-6-7-17(12-20)18(21)19-15(4)16-9-8-13(2)14(3)11-16/h8-9,11,15,17H,5-7,10,12H2,1-4H3,(H,19,21)/t15-,17-/m1/s1. The van der Waals surface area contributed by atoms with Gasteiger partial charge in [-0.15, -0.1) is 0 Å². The molecule has 134 valence electrons. The fraction of sp³-hybridized carbons (Fsp3) is 0.611. The smallest absolute Gasteiger partial charge is 0.224 e. The van der Waals surface area contributed by atoms with Crippen LogP contribution >= 0.6 is 0 Å². The Balaban J connectivity index is 2.02. The third-order valence-electron chi connectivity index (χ3n) is 4.90. The van der Waals surface area contributed by atoms with E-state index in [1.807, 2.05) is 13.0 Å². The lowest BCUT2D eigenvalue weighted by atomic mass is 9.97. The van der Waals surface area contributed by atoms with E-state index in [-0.39, 0.29) is 23.6 Å². The van der Waals surface area contributed by atoms with Crippen LogP contribution in [0.2, 0.25) is 0 Å². The van der Waals surface area contributed by atoms with E-state index in [1.54, 1.807) is 6.92 Å². The van der Waals surface area contributed by atoms with Crippen LogP contribution < -0.4 is 5.32 Å². The predicted octanol–water partition coefficient (Wildman–Crippen LogP) is 2.54. The zero-order chi connectivity index (χ0) is 17.9. The summed E-state index contributed by atoms with van der Waals surface area (Å²) in [6.45, 7) is 8.54. The number of rotatable bonds is 5. The molecule has 0 unspecified atom stereocenters. The molecule has 1 N–H and O–H groups in total. The Morgan fingerprint density at radius 2 is 2.04 bits per heavy atom. The van der Waals surface area contributed by atoms with Crippen LogP contribution in [0.1, 0.15) is 49.4 Å². The first kappa shape index (κ1) is 18.9. The average Bonchev–Trinajstić information content (AvgIpc) is 2.57.